The van der Waals surface area contributed by atoms with Gasteiger partial charge in [-0.15, -0.1) is 0 Å². The molecule has 0 amide bonds. The first-order valence-electron chi connectivity index (χ1n) is 8.30. The lowest BCUT2D eigenvalue weighted by Gasteiger charge is -2.26. The Bertz CT molecular complexity index is 439. The van der Waals surface area contributed by atoms with E-state index in [-0.39, 0.29) is 6.10 Å². The topological polar surface area (TPSA) is 30.5 Å². The van der Waals surface area contributed by atoms with Crippen LogP contribution in [0.4, 0.5) is 0 Å². The molecule has 1 aliphatic carbocycles. The van der Waals surface area contributed by atoms with Gasteiger partial charge in [-0.1, -0.05) is 29.8 Å². The summed E-state index contributed by atoms with van der Waals surface area (Å²) < 4.78 is 11.7. The summed E-state index contributed by atoms with van der Waals surface area (Å²) in [7, 11) is 0. The minimum atomic E-state index is 0.174. The maximum absolute atomic E-state index is 6.28. The fraction of sp³-hybridized carbons (Fsp3) is 0.667. The maximum atomic E-state index is 6.28. The number of hydrogen-bond acceptors (Lipinski definition) is 3. The van der Waals surface area contributed by atoms with E-state index in [0.29, 0.717) is 5.92 Å². The van der Waals surface area contributed by atoms with Crippen LogP contribution in [0.2, 0.25) is 0 Å². The standard InChI is InChI=1S/C18H27NO2/c1-14-3-2-4-16(11-14)18(12-19-17-5-6-17)21-13-15-7-9-20-10-8-15/h2-4,11,15,17-19H,5-10,12-13H2,1H3. The van der Waals surface area contributed by atoms with Crippen molar-refractivity contribution in [3.8, 4) is 0 Å². The van der Waals surface area contributed by atoms with Crippen LogP contribution in [0.15, 0.2) is 24.3 Å². The van der Waals surface area contributed by atoms with Crippen LogP contribution < -0.4 is 5.32 Å². The molecule has 1 saturated carbocycles. The molecule has 1 saturated heterocycles. The van der Waals surface area contributed by atoms with Crippen molar-refractivity contribution in [3.05, 3.63) is 35.4 Å². The molecule has 2 aliphatic rings. The van der Waals surface area contributed by atoms with Gasteiger partial charge in [0.2, 0.25) is 0 Å². The Morgan fingerprint density at radius 1 is 1.24 bits per heavy atom. The number of rotatable bonds is 7. The van der Waals surface area contributed by atoms with Gasteiger partial charge in [-0.05, 0) is 44.1 Å². The first-order valence-corrected chi connectivity index (χ1v) is 8.30. The summed E-state index contributed by atoms with van der Waals surface area (Å²) >= 11 is 0. The quantitative estimate of drug-likeness (QED) is 0.836. The van der Waals surface area contributed by atoms with Crippen LogP contribution in [-0.2, 0) is 9.47 Å². The first kappa shape index (κ1) is 15.0. The minimum Gasteiger partial charge on any atom is -0.381 e. The molecule has 116 valence electrons. The molecule has 1 aromatic carbocycles. The second kappa shape index (κ2) is 7.39. The zero-order chi connectivity index (χ0) is 14.5. The summed E-state index contributed by atoms with van der Waals surface area (Å²) in [5, 5.41) is 3.61. The van der Waals surface area contributed by atoms with Crippen LogP contribution in [0.25, 0.3) is 0 Å². The Balaban J connectivity index is 1.57. The van der Waals surface area contributed by atoms with E-state index in [1.807, 2.05) is 0 Å². The lowest BCUT2D eigenvalue weighted by atomic mass is 10.0. The summed E-state index contributed by atoms with van der Waals surface area (Å²) in [4.78, 5) is 0. The molecule has 1 N–H and O–H groups in total. The zero-order valence-electron chi connectivity index (χ0n) is 13.0. The monoisotopic (exact) mass is 289 g/mol. The molecular formula is C18H27NO2. The maximum Gasteiger partial charge on any atom is 0.0949 e. The molecule has 3 heteroatoms. The third kappa shape index (κ3) is 4.80. The minimum absolute atomic E-state index is 0.174. The molecule has 1 heterocycles. The Kier molecular flexibility index (Phi) is 5.28. The van der Waals surface area contributed by atoms with Crippen molar-refractivity contribution in [3.63, 3.8) is 0 Å². The molecular weight excluding hydrogens is 262 g/mol. The van der Waals surface area contributed by atoms with Gasteiger partial charge in [-0.25, -0.2) is 0 Å². The average molecular weight is 289 g/mol. The van der Waals surface area contributed by atoms with E-state index in [4.69, 9.17) is 9.47 Å². The van der Waals surface area contributed by atoms with Gasteiger partial charge < -0.3 is 14.8 Å². The summed E-state index contributed by atoms with van der Waals surface area (Å²) in [6.45, 7) is 5.71. The van der Waals surface area contributed by atoms with Gasteiger partial charge in [0.1, 0.15) is 0 Å². The molecule has 2 fully saturated rings. The van der Waals surface area contributed by atoms with Crippen LogP contribution in [0.5, 0.6) is 0 Å². The van der Waals surface area contributed by atoms with Gasteiger partial charge in [-0.3, -0.25) is 0 Å². The van der Waals surface area contributed by atoms with E-state index >= 15 is 0 Å². The van der Waals surface area contributed by atoms with Gasteiger partial charge in [0, 0.05) is 25.8 Å². The molecule has 3 rings (SSSR count). The smallest absolute Gasteiger partial charge is 0.0949 e. The van der Waals surface area contributed by atoms with E-state index in [0.717, 1.165) is 45.2 Å². The molecule has 1 aromatic rings. The largest absolute Gasteiger partial charge is 0.381 e. The van der Waals surface area contributed by atoms with Crippen molar-refractivity contribution in [2.75, 3.05) is 26.4 Å². The highest BCUT2D eigenvalue weighted by molar-refractivity contribution is 5.24. The number of aryl methyl sites for hydroxylation is 1. The Morgan fingerprint density at radius 3 is 2.76 bits per heavy atom. The number of ether oxygens (including phenoxy) is 2. The average Bonchev–Trinajstić information content (AvgIpc) is 3.32. The summed E-state index contributed by atoms with van der Waals surface area (Å²) in [5.74, 6) is 0.659. The van der Waals surface area contributed by atoms with E-state index in [1.54, 1.807) is 0 Å². The Morgan fingerprint density at radius 2 is 2.05 bits per heavy atom. The molecule has 0 bridgehead atoms. The SMILES string of the molecule is Cc1cccc(C(CNC2CC2)OCC2CCOCC2)c1. The third-order valence-corrected chi connectivity index (χ3v) is 4.46. The molecule has 1 atom stereocenters. The van der Waals surface area contributed by atoms with Gasteiger partial charge >= 0.3 is 0 Å². The van der Waals surface area contributed by atoms with Crippen LogP contribution in [0.3, 0.4) is 0 Å². The zero-order valence-corrected chi connectivity index (χ0v) is 13.0. The second-order valence-corrected chi connectivity index (χ2v) is 6.47. The van der Waals surface area contributed by atoms with Gasteiger partial charge in [0.15, 0.2) is 0 Å². The molecule has 0 aromatic heterocycles. The van der Waals surface area contributed by atoms with Crippen molar-refractivity contribution in [1.29, 1.82) is 0 Å². The lowest BCUT2D eigenvalue weighted by Crippen LogP contribution is -2.28. The second-order valence-electron chi connectivity index (χ2n) is 6.47. The highest BCUT2D eigenvalue weighted by Crippen LogP contribution is 2.24. The lowest BCUT2D eigenvalue weighted by molar-refractivity contribution is -0.0115. The van der Waals surface area contributed by atoms with Crippen molar-refractivity contribution >= 4 is 0 Å². The number of benzene rings is 1. The van der Waals surface area contributed by atoms with E-state index in [2.05, 4.69) is 36.5 Å². The molecule has 1 unspecified atom stereocenters. The van der Waals surface area contributed by atoms with Crippen molar-refractivity contribution in [1.82, 2.24) is 5.32 Å². The Hall–Kier alpha value is -0.900. The highest BCUT2D eigenvalue weighted by Gasteiger charge is 2.24. The number of hydrogen-bond donors (Lipinski definition) is 1. The van der Waals surface area contributed by atoms with Crippen LogP contribution in [0.1, 0.15) is 42.9 Å². The molecule has 3 nitrogen and oxygen atoms in total. The van der Waals surface area contributed by atoms with Crippen molar-refractivity contribution in [2.45, 2.75) is 44.8 Å². The summed E-state index contributed by atoms with van der Waals surface area (Å²) in [6.07, 6.45) is 5.09. The fourth-order valence-electron chi connectivity index (χ4n) is 2.87. The molecule has 0 radical (unpaired) electrons. The number of nitrogens with one attached hydrogen (secondary N) is 1. The van der Waals surface area contributed by atoms with Crippen molar-refractivity contribution < 1.29 is 9.47 Å². The van der Waals surface area contributed by atoms with E-state index in [1.165, 1.54) is 24.0 Å². The summed E-state index contributed by atoms with van der Waals surface area (Å²) in [6, 6.07) is 9.45. The first-order chi connectivity index (χ1) is 10.3. The van der Waals surface area contributed by atoms with Crippen LogP contribution in [-0.4, -0.2) is 32.4 Å². The van der Waals surface area contributed by atoms with Gasteiger partial charge in [0.05, 0.1) is 12.7 Å². The Labute approximate surface area is 128 Å². The summed E-state index contributed by atoms with van der Waals surface area (Å²) in [5.41, 5.74) is 2.61. The molecule has 21 heavy (non-hydrogen) atoms. The van der Waals surface area contributed by atoms with Gasteiger partial charge in [-0.2, -0.15) is 0 Å². The highest BCUT2D eigenvalue weighted by atomic mass is 16.5. The van der Waals surface area contributed by atoms with E-state index < -0.39 is 0 Å². The van der Waals surface area contributed by atoms with E-state index in [9.17, 15) is 0 Å². The molecule has 0 spiro atoms. The predicted molar refractivity (Wildman–Crippen MR) is 84.4 cm³/mol. The molecule has 1 aliphatic heterocycles. The third-order valence-electron chi connectivity index (χ3n) is 4.46. The van der Waals surface area contributed by atoms with Crippen LogP contribution >= 0.6 is 0 Å². The van der Waals surface area contributed by atoms with Crippen LogP contribution in [0, 0.1) is 12.8 Å². The fourth-order valence-corrected chi connectivity index (χ4v) is 2.87. The van der Waals surface area contributed by atoms with Gasteiger partial charge in [0.25, 0.3) is 0 Å². The van der Waals surface area contributed by atoms with Crippen molar-refractivity contribution in [2.24, 2.45) is 5.92 Å². The predicted octanol–water partition coefficient (Wildman–Crippen LogP) is 3.23. The normalized spacial score (nSPS) is 21.4.